The predicted octanol–water partition coefficient (Wildman–Crippen LogP) is 3.46. The third kappa shape index (κ3) is 2.98. The molecule has 1 aromatic rings. The average Bonchev–Trinajstić information content (AvgIpc) is 2.26. The van der Waals surface area contributed by atoms with Crippen LogP contribution in [0.25, 0.3) is 0 Å². The summed E-state index contributed by atoms with van der Waals surface area (Å²) in [6.45, 7) is 7.27. The molecule has 0 bridgehead atoms. The van der Waals surface area contributed by atoms with Gasteiger partial charge in [-0.3, -0.25) is 4.79 Å². The van der Waals surface area contributed by atoms with Crippen LogP contribution < -0.4 is 0 Å². The van der Waals surface area contributed by atoms with Crippen LogP contribution in [0.15, 0.2) is 24.3 Å². The number of carboxylic acids is 1. The van der Waals surface area contributed by atoms with Crippen molar-refractivity contribution < 1.29 is 14.6 Å². The van der Waals surface area contributed by atoms with Gasteiger partial charge < -0.3 is 9.84 Å². The van der Waals surface area contributed by atoms with E-state index in [2.05, 4.69) is 45.0 Å². The zero-order valence-corrected chi connectivity index (χ0v) is 11.9. The fourth-order valence-electron chi connectivity index (χ4n) is 2.50. The number of carboxylic acid groups (broad SMARTS) is 1. The van der Waals surface area contributed by atoms with E-state index in [9.17, 15) is 4.79 Å². The molecule has 1 fully saturated rings. The number of rotatable bonds is 4. The fraction of sp³-hybridized carbons (Fsp3) is 0.562. The van der Waals surface area contributed by atoms with E-state index in [1.165, 1.54) is 5.56 Å². The number of aliphatic carboxylic acids is 1. The van der Waals surface area contributed by atoms with Crippen molar-refractivity contribution in [1.29, 1.82) is 0 Å². The van der Waals surface area contributed by atoms with E-state index < -0.39 is 5.97 Å². The first-order valence-corrected chi connectivity index (χ1v) is 6.80. The van der Waals surface area contributed by atoms with Crippen LogP contribution in [-0.4, -0.2) is 17.7 Å². The lowest BCUT2D eigenvalue weighted by atomic mass is 9.80. The molecule has 3 nitrogen and oxygen atoms in total. The topological polar surface area (TPSA) is 46.5 Å². The van der Waals surface area contributed by atoms with Gasteiger partial charge in [0.15, 0.2) is 0 Å². The minimum atomic E-state index is -0.763. The summed E-state index contributed by atoms with van der Waals surface area (Å²) in [4.78, 5) is 10.7. The molecule has 1 heterocycles. The van der Waals surface area contributed by atoms with Crippen molar-refractivity contribution in [2.45, 2.75) is 51.0 Å². The van der Waals surface area contributed by atoms with Crippen LogP contribution in [0.5, 0.6) is 0 Å². The predicted molar refractivity (Wildman–Crippen MR) is 74.3 cm³/mol. The van der Waals surface area contributed by atoms with E-state index in [4.69, 9.17) is 9.84 Å². The van der Waals surface area contributed by atoms with Crippen LogP contribution in [0.1, 0.15) is 51.2 Å². The van der Waals surface area contributed by atoms with E-state index in [-0.39, 0.29) is 17.4 Å². The van der Waals surface area contributed by atoms with E-state index in [0.717, 1.165) is 18.6 Å². The first-order chi connectivity index (χ1) is 8.83. The van der Waals surface area contributed by atoms with Crippen molar-refractivity contribution >= 4 is 5.97 Å². The number of carbonyl (C=O) groups is 1. The largest absolute Gasteiger partial charge is 0.481 e. The molecule has 2 rings (SSSR count). The number of hydrogen-bond donors (Lipinski definition) is 1. The molecule has 0 spiro atoms. The van der Waals surface area contributed by atoms with Crippen molar-refractivity contribution in [3.8, 4) is 0 Å². The summed E-state index contributed by atoms with van der Waals surface area (Å²) < 4.78 is 5.72. The Balaban J connectivity index is 2.17. The van der Waals surface area contributed by atoms with Crippen LogP contribution in [0.3, 0.4) is 0 Å². The zero-order valence-electron chi connectivity index (χ0n) is 11.9. The molecule has 0 radical (unpaired) electrons. The monoisotopic (exact) mass is 262 g/mol. The quantitative estimate of drug-likeness (QED) is 0.903. The van der Waals surface area contributed by atoms with Crippen LogP contribution >= 0.6 is 0 Å². The third-order valence-corrected chi connectivity index (χ3v) is 3.90. The van der Waals surface area contributed by atoms with Gasteiger partial charge >= 0.3 is 5.97 Å². The van der Waals surface area contributed by atoms with E-state index >= 15 is 0 Å². The van der Waals surface area contributed by atoms with Gasteiger partial charge in [0.05, 0.1) is 12.2 Å². The van der Waals surface area contributed by atoms with Gasteiger partial charge in [0.2, 0.25) is 0 Å². The molecular weight excluding hydrogens is 240 g/mol. The average molecular weight is 262 g/mol. The number of benzene rings is 1. The van der Waals surface area contributed by atoms with Crippen LogP contribution in [0.4, 0.5) is 0 Å². The Morgan fingerprint density at radius 3 is 2.26 bits per heavy atom. The molecule has 1 N–H and O–H groups in total. The Kier molecular flexibility index (Phi) is 3.68. The maximum absolute atomic E-state index is 10.7. The molecule has 1 unspecified atom stereocenters. The Morgan fingerprint density at radius 2 is 1.89 bits per heavy atom. The van der Waals surface area contributed by atoms with Gasteiger partial charge in [-0.1, -0.05) is 45.0 Å². The van der Waals surface area contributed by atoms with Crippen molar-refractivity contribution in [3.63, 3.8) is 0 Å². The molecule has 1 aromatic carbocycles. The van der Waals surface area contributed by atoms with Crippen molar-refractivity contribution in [2.75, 3.05) is 6.61 Å². The summed E-state index contributed by atoms with van der Waals surface area (Å²) in [5, 5.41) is 8.84. The highest BCUT2D eigenvalue weighted by atomic mass is 16.5. The van der Waals surface area contributed by atoms with Gasteiger partial charge in [0.25, 0.3) is 0 Å². The molecule has 0 amide bonds. The van der Waals surface area contributed by atoms with Gasteiger partial charge in [-0.2, -0.15) is 0 Å². The van der Waals surface area contributed by atoms with Crippen molar-refractivity contribution in [1.82, 2.24) is 0 Å². The molecule has 19 heavy (non-hydrogen) atoms. The standard InChI is InChI=1S/C16H22O3/c1-15(2,3)12-4-6-13(7-5-12)16(10-11-19-16)9-8-14(17)18/h4-7H,8-11H2,1-3H3,(H,17,18). The van der Waals surface area contributed by atoms with E-state index in [1.807, 2.05) is 0 Å². The van der Waals surface area contributed by atoms with Gasteiger partial charge in [-0.15, -0.1) is 0 Å². The Bertz CT molecular complexity index is 450. The molecule has 1 atom stereocenters. The normalized spacial score (nSPS) is 22.9. The Labute approximate surface area is 114 Å². The van der Waals surface area contributed by atoms with Crippen molar-refractivity contribution in [2.24, 2.45) is 0 Å². The first-order valence-electron chi connectivity index (χ1n) is 6.80. The summed E-state index contributed by atoms with van der Waals surface area (Å²) in [6, 6.07) is 8.42. The van der Waals surface area contributed by atoms with Crippen LogP contribution in [0.2, 0.25) is 0 Å². The zero-order chi connectivity index (χ0) is 14.1. The van der Waals surface area contributed by atoms with Gasteiger partial charge in [-0.05, 0) is 23.0 Å². The number of hydrogen-bond acceptors (Lipinski definition) is 2. The van der Waals surface area contributed by atoms with E-state index in [1.54, 1.807) is 0 Å². The Morgan fingerprint density at radius 1 is 1.32 bits per heavy atom. The summed E-state index contributed by atoms with van der Waals surface area (Å²) in [6.07, 6.45) is 1.62. The molecular formula is C16H22O3. The lowest BCUT2D eigenvalue weighted by Crippen LogP contribution is -2.41. The lowest BCUT2D eigenvalue weighted by molar-refractivity contribution is -0.165. The molecule has 0 aliphatic carbocycles. The van der Waals surface area contributed by atoms with Gasteiger partial charge in [0.1, 0.15) is 0 Å². The third-order valence-electron chi connectivity index (χ3n) is 3.90. The van der Waals surface area contributed by atoms with Crippen LogP contribution in [-0.2, 0) is 20.5 Å². The summed E-state index contributed by atoms with van der Waals surface area (Å²) in [7, 11) is 0. The van der Waals surface area contributed by atoms with Gasteiger partial charge in [0, 0.05) is 12.8 Å². The summed E-state index contributed by atoms with van der Waals surface area (Å²) in [5.41, 5.74) is 2.15. The second-order valence-electron chi connectivity index (χ2n) is 6.31. The summed E-state index contributed by atoms with van der Waals surface area (Å²) >= 11 is 0. The highest BCUT2D eigenvalue weighted by molar-refractivity contribution is 5.66. The Hall–Kier alpha value is -1.35. The molecule has 1 aliphatic rings. The second-order valence-corrected chi connectivity index (χ2v) is 6.31. The lowest BCUT2D eigenvalue weighted by Gasteiger charge is -2.42. The molecule has 3 heteroatoms. The van der Waals surface area contributed by atoms with E-state index in [0.29, 0.717) is 6.42 Å². The fourth-order valence-corrected chi connectivity index (χ4v) is 2.50. The minimum absolute atomic E-state index is 0.132. The molecule has 0 aromatic heterocycles. The molecule has 1 aliphatic heterocycles. The highest BCUT2D eigenvalue weighted by Crippen LogP contribution is 2.42. The minimum Gasteiger partial charge on any atom is -0.481 e. The smallest absolute Gasteiger partial charge is 0.303 e. The summed E-state index contributed by atoms with van der Waals surface area (Å²) in [5.74, 6) is -0.763. The SMILES string of the molecule is CC(C)(C)c1ccc(C2(CCC(=O)O)CCO2)cc1. The highest BCUT2D eigenvalue weighted by Gasteiger charge is 2.40. The van der Waals surface area contributed by atoms with Crippen molar-refractivity contribution in [3.05, 3.63) is 35.4 Å². The molecule has 1 saturated heterocycles. The van der Waals surface area contributed by atoms with Gasteiger partial charge in [-0.25, -0.2) is 0 Å². The molecule has 104 valence electrons. The molecule has 0 saturated carbocycles. The maximum Gasteiger partial charge on any atom is 0.303 e. The van der Waals surface area contributed by atoms with Crippen LogP contribution in [0, 0.1) is 0 Å². The number of ether oxygens (including phenoxy) is 1. The second kappa shape index (κ2) is 4.97. The maximum atomic E-state index is 10.7. The first kappa shape index (κ1) is 14.1.